The number of benzene rings is 2. The van der Waals surface area contributed by atoms with Gasteiger partial charge in [0, 0.05) is 12.0 Å². The van der Waals surface area contributed by atoms with Crippen molar-refractivity contribution in [2.45, 2.75) is 18.9 Å². The molecule has 27 heavy (non-hydrogen) atoms. The third-order valence-corrected chi connectivity index (χ3v) is 5.41. The van der Waals surface area contributed by atoms with Crippen LogP contribution in [0.4, 0.5) is 0 Å². The molecule has 7 nitrogen and oxygen atoms in total. The van der Waals surface area contributed by atoms with Crippen LogP contribution < -0.4 is 19.1 Å². The predicted molar refractivity (Wildman–Crippen MR) is 98.4 cm³/mol. The highest BCUT2D eigenvalue weighted by Crippen LogP contribution is 2.48. The molecule has 0 spiro atoms. The Hall–Kier alpha value is -2.93. The highest BCUT2D eigenvalue weighted by Gasteiger charge is 2.37. The van der Waals surface area contributed by atoms with E-state index in [1.807, 2.05) is 12.1 Å². The lowest BCUT2D eigenvalue weighted by Gasteiger charge is -2.33. The zero-order valence-corrected chi connectivity index (χ0v) is 15.4. The summed E-state index contributed by atoms with van der Waals surface area (Å²) in [4.78, 5) is 1.27. The first-order valence-corrected chi connectivity index (χ1v) is 8.95. The summed E-state index contributed by atoms with van der Waals surface area (Å²) >= 11 is 0. The van der Waals surface area contributed by atoms with E-state index in [0.717, 1.165) is 24.1 Å². The number of phenolic OH excluding ortho intramolecular Hbond substituents is 1. The van der Waals surface area contributed by atoms with Gasteiger partial charge in [-0.05, 0) is 23.8 Å². The maximum atomic E-state index is 10.2. The highest BCUT2D eigenvalue weighted by molar-refractivity contribution is 6.02. The maximum absolute atomic E-state index is 10.2. The van der Waals surface area contributed by atoms with Gasteiger partial charge in [0.25, 0.3) is 0 Å². The Morgan fingerprint density at radius 1 is 1.33 bits per heavy atom. The molecule has 7 heteroatoms. The van der Waals surface area contributed by atoms with Gasteiger partial charge in [0.1, 0.15) is 11.8 Å². The van der Waals surface area contributed by atoms with Crippen molar-refractivity contribution in [1.29, 1.82) is 0 Å². The summed E-state index contributed by atoms with van der Waals surface area (Å²) in [5.41, 5.74) is 3.16. The summed E-state index contributed by atoms with van der Waals surface area (Å²) in [7, 11) is 3.74. The minimum absolute atomic E-state index is 0.0105. The Morgan fingerprint density at radius 2 is 2.15 bits per heavy atom. The van der Waals surface area contributed by atoms with Crippen molar-refractivity contribution in [1.82, 2.24) is 0 Å². The van der Waals surface area contributed by atoms with Crippen LogP contribution in [0.2, 0.25) is 0 Å². The topological polar surface area (TPSA) is 85.0 Å². The third kappa shape index (κ3) is 2.94. The summed E-state index contributed by atoms with van der Waals surface area (Å²) in [6, 6.07) is 8.90. The Labute approximate surface area is 157 Å². The number of oxime groups is 1. The summed E-state index contributed by atoms with van der Waals surface area (Å²) in [5.74, 6) is 2.11. The number of hydrogen-bond donors (Lipinski definition) is 3. The SMILES string of the molecule is COc1c2c(cc3c1[C@@H](C/C(=N/O)c1ccccc1O)[NH+](C)CC3)OCO2. The minimum atomic E-state index is -0.0105. The summed E-state index contributed by atoms with van der Waals surface area (Å²) in [5, 5.41) is 23.3. The average Bonchev–Trinajstić information content (AvgIpc) is 3.15. The number of hydrogen-bond acceptors (Lipinski definition) is 6. The lowest BCUT2D eigenvalue weighted by atomic mass is 9.87. The number of para-hydroxylation sites is 1. The summed E-state index contributed by atoms with van der Waals surface area (Å²) in [6.45, 7) is 1.11. The lowest BCUT2D eigenvalue weighted by molar-refractivity contribution is -0.913. The second-order valence-corrected chi connectivity index (χ2v) is 6.88. The largest absolute Gasteiger partial charge is 0.507 e. The molecule has 2 atom stereocenters. The van der Waals surface area contributed by atoms with E-state index in [-0.39, 0.29) is 18.6 Å². The summed E-state index contributed by atoms with van der Waals surface area (Å²) in [6.07, 6.45) is 1.34. The number of methoxy groups -OCH3 is 1. The third-order valence-electron chi connectivity index (χ3n) is 5.41. The van der Waals surface area contributed by atoms with E-state index in [0.29, 0.717) is 34.9 Å². The van der Waals surface area contributed by atoms with Crippen molar-refractivity contribution >= 4 is 5.71 Å². The highest BCUT2D eigenvalue weighted by atomic mass is 16.7. The smallest absolute Gasteiger partial charge is 0.231 e. The van der Waals surface area contributed by atoms with E-state index < -0.39 is 0 Å². The van der Waals surface area contributed by atoms with Gasteiger partial charge in [0.15, 0.2) is 11.5 Å². The molecule has 3 N–H and O–H groups in total. The first kappa shape index (κ1) is 17.5. The van der Waals surface area contributed by atoms with Crippen molar-refractivity contribution in [2.75, 3.05) is 27.5 Å². The normalized spacial score (nSPS) is 21.0. The quantitative estimate of drug-likeness (QED) is 0.431. The van der Waals surface area contributed by atoms with E-state index in [2.05, 4.69) is 12.2 Å². The number of nitrogens with zero attached hydrogens (tertiary/aromatic N) is 1. The molecular formula is C20H23N2O5+. The van der Waals surface area contributed by atoms with Gasteiger partial charge in [-0.3, -0.25) is 0 Å². The fraction of sp³-hybridized carbons (Fsp3) is 0.350. The van der Waals surface area contributed by atoms with E-state index >= 15 is 0 Å². The first-order valence-electron chi connectivity index (χ1n) is 8.95. The number of aromatic hydroxyl groups is 1. The zero-order chi connectivity index (χ0) is 19.0. The molecule has 2 aromatic carbocycles. The predicted octanol–water partition coefficient (Wildman–Crippen LogP) is 1.51. The molecule has 0 saturated carbocycles. The fourth-order valence-electron chi connectivity index (χ4n) is 4.01. The average molecular weight is 371 g/mol. The van der Waals surface area contributed by atoms with Crippen LogP contribution >= 0.6 is 0 Å². The standard InChI is InChI=1S/C20H22N2O5/c1-22-8-7-12-9-17-19(27-11-26-17)20(25-2)18(12)15(22)10-14(21-24)13-5-3-4-6-16(13)23/h3-6,9,15,23-24H,7-8,10-11H2,1-2H3/p+1/b21-14-/t15-/m1/s1. The number of ether oxygens (including phenoxy) is 3. The maximum Gasteiger partial charge on any atom is 0.231 e. The van der Waals surface area contributed by atoms with Crippen LogP contribution in [0.25, 0.3) is 0 Å². The van der Waals surface area contributed by atoms with Crippen molar-refractivity contribution in [2.24, 2.45) is 5.16 Å². The number of phenols is 1. The molecule has 0 amide bonds. The van der Waals surface area contributed by atoms with Gasteiger partial charge in [0.2, 0.25) is 12.5 Å². The number of fused-ring (bicyclic) bond motifs is 2. The van der Waals surface area contributed by atoms with Crippen LogP contribution in [-0.2, 0) is 6.42 Å². The molecule has 2 aliphatic rings. The number of likely N-dealkylation sites (N-methyl/N-ethyl adjacent to an activating group) is 1. The molecule has 1 unspecified atom stereocenters. The van der Waals surface area contributed by atoms with Gasteiger partial charge in [0.05, 0.1) is 38.4 Å². The van der Waals surface area contributed by atoms with Gasteiger partial charge in [-0.25, -0.2) is 0 Å². The van der Waals surface area contributed by atoms with Gasteiger partial charge in [-0.2, -0.15) is 0 Å². The van der Waals surface area contributed by atoms with E-state index in [4.69, 9.17) is 14.2 Å². The molecule has 2 aliphatic heterocycles. The van der Waals surface area contributed by atoms with Crippen LogP contribution in [0.5, 0.6) is 23.0 Å². The fourth-order valence-corrected chi connectivity index (χ4v) is 4.01. The molecule has 0 saturated heterocycles. The molecule has 0 aliphatic carbocycles. The molecule has 0 aromatic heterocycles. The summed E-state index contributed by atoms with van der Waals surface area (Å²) < 4.78 is 16.9. The second-order valence-electron chi connectivity index (χ2n) is 6.88. The Balaban J connectivity index is 1.78. The van der Waals surface area contributed by atoms with Crippen LogP contribution in [0, 0.1) is 0 Å². The molecule has 142 valence electrons. The van der Waals surface area contributed by atoms with E-state index in [1.54, 1.807) is 25.3 Å². The Morgan fingerprint density at radius 3 is 2.89 bits per heavy atom. The van der Waals surface area contributed by atoms with Gasteiger partial charge >= 0.3 is 0 Å². The molecule has 0 bridgehead atoms. The Kier molecular flexibility index (Phi) is 4.53. The Bertz CT molecular complexity index is 896. The monoisotopic (exact) mass is 371 g/mol. The lowest BCUT2D eigenvalue weighted by Crippen LogP contribution is -3.10. The molecule has 0 fully saturated rings. The molecule has 2 aromatic rings. The molecule has 2 heterocycles. The van der Waals surface area contributed by atoms with Crippen molar-refractivity contribution in [3.63, 3.8) is 0 Å². The van der Waals surface area contributed by atoms with Crippen molar-refractivity contribution in [3.05, 3.63) is 47.0 Å². The minimum Gasteiger partial charge on any atom is -0.507 e. The molecular weight excluding hydrogens is 348 g/mol. The van der Waals surface area contributed by atoms with Gasteiger partial charge in [-0.1, -0.05) is 17.3 Å². The van der Waals surface area contributed by atoms with Gasteiger partial charge < -0.3 is 29.4 Å². The van der Waals surface area contributed by atoms with Crippen LogP contribution in [0.3, 0.4) is 0 Å². The number of rotatable bonds is 4. The number of nitrogens with one attached hydrogen (secondary N) is 1. The first-order chi connectivity index (χ1) is 13.1. The zero-order valence-electron chi connectivity index (χ0n) is 15.4. The molecule has 0 radical (unpaired) electrons. The number of quaternary nitrogens is 1. The second kappa shape index (κ2) is 7.00. The van der Waals surface area contributed by atoms with Crippen LogP contribution in [0.15, 0.2) is 35.5 Å². The van der Waals surface area contributed by atoms with E-state index in [1.165, 1.54) is 4.90 Å². The van der Waals surface area contributed by atoms with Gasteiger partial charge in [-0.15, -0.1) is 0 Å². The molecule has 4 rings (SSSR count). The van der Waals surface area contributed by atoms with Crippen LogP contribution in [-0.4, -0.2) is 43.5 Å². The van der Waals surface area contributed by atoms with E-state index in [9.17, 15) is 10.3 Å². The van der Waals surface area contributed by atoms with Crippen LogP contribution in [0.1, 0.15) is 29.2 Å². The van der Waals surface area contributed by atoms with Crippen molar-refractivity contribution in [3.8, 4) is 23.0 Å². The van der Waals surface area contributed by atoms with Crippen molar-refractivity contribution < 1.29 is 29.4 Å².